The van der Waals surface area contributed by atoms with E-state index in [1.807, 2.05) is 6.07 Å². The van der Waals surface area contributed by atoms with Crippen molar-refractivity contribution in [2.75, 3.05) is 0 Å². The maximum absolute atomic E-state index is 11.8. The smallest absolute Gasteiger partial charge is 0.326 e. The van der Waals surface area contributed by atoms with E-state index in [2.05, 4.69) is 21.2 Å². The number of halogens is 2. The first-order chi connectivity index (χ1) is 9.47. The van der Waals surface area contributed by atoms with Crippen molar-refractivity contribution in [2.45, 2.75) is 31.7 Å². The molecule has 0 saturated heterocycles. The summed E-state index contributed by atoms with van der Waals surface area (Å²) in [5, 5.41) is 12.3. The maximum Gasteiger partial charge on any atom is 0.326 e. The summed E-state index contributed by atoms with van der Waals surface area (Å²) in [6, 6.07) is 4.65. The Kier molecular flexibility index (Phi) is 5.05. The standard InChI is InChI=1S/C14H15BrClNO3/c15-11-5-4-10(16)7-9(11)3-6-12(18)17-13(14(19)20)8-1-2-8/h4-5,7-8,13H,1-3,6H2,(H,17,18)(H,19,20). The molecular formula is C14H15BrClNO3. The van der Waals surface area contributed by atoms with Gasteiger partial charge in [0.2, 0.25) is 5.91 Å². The lowest BCUT2D eigenvalue weighted by Crippen LogP contribution is -2.42. The first-order valence-electron chi connectivity index (χ1n) is 6.43. The molecule has 1 aliphatic rings. The molecule has 0 spiro atoms. The highest BCUT2D eigenvalue weighted by atomic mass is 79.9. The van der Waals surface area contributed by atoms with Crippen LogP contribution in [0.4, 0.5) is 0 Å². The highest BCUT2D eigenvalue weighted by Gasteiger charge is 2.37. The predicted octanol–water partition coefficient (Wildman–Crippen LogP) is 3.01. The normalized spacial score (nSPS) is 15.7. The van der Waals surface area contributed by atoms with Crippen LogP contribution in [0.5, 0.6) is 0 Å². The second-order valence-corrected chi connectivity index (χ2v) is 6.25. The monoisotopic (exact) mass is 359 g/mol. The number of carboxylic acid groups (broad SMARTS) is 1. The van der Waals surface area contributed by atoms with Crippen LogP contribution in [0, 0.1) is 5.92 Å². The Morgan fingerprint density at radius 2 is 2.15 bits per heavy atom. The molecule has 108 valence electrons. The molecule has 1 aromatic rings. The molecule has 1 aromatic carbocycles. The molecule has 1 fully saturated rings. The van der Waals surface area contributed by atoms with Gasteiger partial charge in [0.05, 0.1) is 0 Å². The zero-order valence-corrected chi connectivity index (χ0v) is 13.1. The highest BCUT2D eigenvalue weighted by Crippen LogP contribution is 2.32. The van der Waals surface area contributed by atoms with Gasteiger partial charge >= 0.3 is 5.97 Å². The van der Waals surface area contributed by atoms with Gasteiger partial charge in [-0.25, -0.2) is 4.79 Å². The van der Waals surface area contributed by atoms with Gasteiger partial charge in [0.1, 0.15) is 6.04 Å². The Labute approximate surface area is 130 Å². The molecule has 0 aromatic heterocycles. The van der Waals surface area contributed by atoms with E-state index in [4.69, 9.17) is 16.7 Å². The van der Waals surface area contributed by atoms with Crippen molar-refractivity contribution in [3.63, 3.8) is 0 Å². The summed E-state index contributed by atoms with van der Waals surface area (Å²) in [4.78, 5) is 22.9. The Bertz CT molecular complexity index is 531. The minimum Gasteiger partial charge on any atom is -0.480 e. The van der Waals surface area contributed by atoms with Crippen LogP contribution in [0.3, 0.4) is 0 Å². The summed E-state index contributed by atoms with van der Waals surface area (Å²) in [5.41, 5.74) is 0.936. The van der Waals surface area contributed by atoms with Gasteiger partial charge in [0.15, 0.2) is 0 Å². The number of carbonyl (C=O) groups excluding carboxylic acids is 1. The second kappa shape index (κ2) is 6.59. The quantitative estimate of drug-likeness (QED) is 0.819. The molecule has 4 nitrogen and oxygen atoms in total. The fourth-order valence-electron chi connectivity index (χ4n) is 2.04. The van der Waals surface area contributed by atoms with E-state index in [1.54, 1.807) is 12.1 Å². The van der Waals surface area contributed by atoms with Gasteiger partial charge in [0, 0.05) is 15.9 Å². The molecule has 1 aliphatic carbocycles. The molecule has 2 rings (SSSR count). The van der Waals surface area contributed by atoms with E-state index in [0.717, 1.165) is 22.9 Å². The van der Waals surface area contributed by atoms with Gasteiger partial charge in [-0.1, -0.05) is 27.5 Å². The van der Waals surface area contributed by atoms with Crippen molar-refractivity contribution in [1.29, 1.82) is 0 Å². The van der Waals surface area contributed by atoms with Crippen molar-refractivity contribution >= 4 is 39.4 Å². The van der Waals surface area contributed by atoms with E-state index >= 15 is 0 Å². The van der Waals surface area contributed by atoms with Crippen LogP contribution in [0.1, 0.15) is 24.8 Å². The van der Waals surface area contributed by atoms with Crippen molar-refractivity contribution in [1.82, 2.24) is 5.32 Å². The third kappa shape index (κ3) is 4.21. The molecule has 1 atom stereocenters. The van der Waals surface area contributed by atoms with Crippen LogP contribution in [-0.2, 0) is 16.0 Å². The molecule has 6 heteroatoms. The molecule has 1 amide bonds. The number of aliphatic carboxylic acids is 1. The molecule has 2 N–H and O–H groups in total. The van der Waals surface area contributed by atoms with E-state index in [-0.39, 0.29) is 18.2 Å². The largest absolute Gasteiger partial charge is 0.480 e. The average molecular weight is 361 g/mol. The number of amides is 1. The van der Waals surface area contributed by atoms with Crippen molar-refractivity contribution < 1.29 is 14.7 Å². The maximum atomic E-state index is 11.8. The summed E-state index contributed by atoms with van der Waals surface area (Å²) in [5.74, 6) is -1.10. The minimum atomic E-state index is -0.954. The number of rotatable bonds is 6. The second-order valence-electron chi connectivity index (χ2n) is 4.96. The molecular weight excluding hydrogens is 346 g/mol. The van der Waals surface area contributed by atoms with Gasteiger partial charge in [-0.15, -0.1) is 0 Å². The highest BCUT2D eigenvalue weighted by molar-refractivity contribution is 9.10. The van der Waals surface area contributed by atoms with Gasteiger partial charge in [0.25, 0.3) is 0 Å². The van der Waals surface area contributed by atoms with Crippen LogP contribution < -0.4 is 5.32 Å². The summed E-state index contributed by atoms with van der Waals surface area (Å²) in [6.07, 6.45) is 2.51. The van der Waals surface area contributed by atoms with Crippen molar-refractivity contribution in [2.24, 2.45) is 5.92 Å². The van der Waals surface area contributed by atoms with Crippen LogP contribution in [0.25, 0.3) is 0 Å². The number of nitrogens with one attached hydrogen (secondary N) is 1. The fraction of sp³-hybridized carbons (Fsp3) is 0.429. The van der Waals surface area contributed by atoms with E-state index in [0.29, 0.717) is 11.4 Å². The zero-order valence-electron chi connectivity index (χ0n) is 10.7. The molecule has 0 bridgehead atoms. The van der Waals surface area contributed by atoms with Gasteiger partial charge in [-0.05, 0) is 48.9 Å². The number of benzene rings is 1. The molecule has 0 heterocycles. The molecule has 0 radical (unpaired) electrons. The number of hydrogen-bond donors (Lipinski definition) is 2. The Morgan fingerprint density at radius 1 is 1.45 bits per heavy atom. The predicted molar refractivity (Wildman–Crippen MR) is 79.8 cm³/mol. The lowest BCUT2D eigenvalue weighted by atomic mass is 10.1. The zero-order chi connectivity index (χ0) is 14.7. The molecule has 0 aliphatic heterocycles. The Balaban J connectivity index is 1.88. The summed E-state index contributed by atoms with van der Waals surface area (Å²) >= 11 is 9.31. The van der Waals surface area contributed by atoms with Crippen LogP contribution >= 0.6 is 27.5 Å². The summed E-state index contributed by atoms with van der Waals surface area (Å²) in [7, 11) is 0. The van der Waals surface area contributed by atoms with E-state index in [9.17, 15) is 9.59 Å². The first-order valence-corrected chi connectivity index (χ1v) is 7.60. The van der Waals surface area contributed by atoms with Crippen molar-refractivity contribution in [3.05, 3.63) is 33.3 Å². The number of carbonyl (C=O) groups is 2. The van der Waals surface area contributed by atoms with Gasteiger partial charge in [-0.2, -0.15) is 0 Å². The van der Waals surface area contributed by atoms with Gasteiger partial charge in [-0.3, -0.25) is 4.79 Å². The van der Waals surface area contributed by atoms with Crippen LogP contribution in [0.15, 0.2) is 22.7 Å². The summed E-state index contributed by atoms with van der Waals surface area (Å²) < 4.78 is 0.895. The van der Waals surface area contributed by atoms with Crippen LogP contribution in [-0.4, -0.2) is 23.0 Å². The first kappa shape index (κ1) is 15.3. The van der Waals surface area contributed by atoms with Gasteiger partial charge < -0.3 is 10.4 Å². The number of aryl methyl sites for hydroxylation is 1. The van der Waals surface area contributed by atoms with E-state index in [1.165, 1.54) is 0 Å². The van der Waals surface area contributed by atoms with E-state index < -0.39 is 12.0 Å². The average Bonchev–Trinajstić information content (AvgIpc) is 3.21. The SMILES string of the molecule is O=C(CCc1cc(Cl)ccc1Br)NC(C(=O)O)C1CC1. The Morgan fingerprint density at radius 3 is 2.75 bits per heavy atom. The van der Waals surface area contributed by atoms with Crippen LogP contribution in [0.2, 0.25) is 5.02 Å². The lowest BCUT2D eigenvalue weighted by Gasteiger charge is -2.13. The van der Waals surface area contributed by atoms with Crippen molar-refractivity contribution in [3.8, 4) is 0 Å². The molecule has 20 heavy (non-hydrogen) atoms. The third-order valence-electron chi connectivity index (χ3n) is 3.31. The fourth-order valence-corrected chi connectivity index (χ4v) is 2.68. The molecule has 1 saturated carbocycles. The Hall–Kier alpha value is -1.07. The summed E-state index contributed by atoms with van der Waals surface area (Å²) in [6.45, 7) is 0. The number of hydrogen-bond acceptors (Lipinski definition) is 2. The third-order valence-corrected chi connectivity index (χ3v) is 4.31. The topological polar surface area (TPSA) is 66.4 Å². The lowest BCUT2D eigenvalue weighted by molar-refractivity contribution is -0.142. The number of carboxylic acids is 1. The minimum absolute atomic E-state index is 0.0920. The molecule has 1 unspecified atom stereocenters.